The smallest absolute Gasteiger partial charge is 0.220 e. The van der Waals surface area contributed by atoms with Crippen molar-refractivity contribution in [3.63, 3.8) is 0 Å². The second kappa shape index (κ2) is 7.08. The van der Waals surface area contributed by atoms with Gasteiger partial charge in [0.05, 0.1) is 6.20 Å². The van der Waals surface area contributed by atoms with Crippen molar-refractivity contribution in [1.29, 1.82) is 5.26 Å². The van der Waals surface area contributed by atoms with E-state index in [2.05, 4.69) is 28.4 Å². The van der Waals surface area contributed by atoms with Crippen molar-refractivity contribution in [2.75, 3.05) is 0 Å². The van der Waals surface area contributed by atoms with Crippen LogP contribution in [0.3, 0.4) is 0 Å². The van der Waals surface area contributed by atoms with E-state index in [9.17, 15) is 10.1 Å². The summed E-state index contributed by atoms with van der Waals surface area (Å²) < 4.78 is 1.72. The maximum Gasteiger partial charge on any atom is 0.220 e. The van der Waals surface area contributed by atoms with Crippen molar-refractivity contribution in [3.05, 3.63) is 28.7 Å². The van der Waals surface area contributed by atoms with Crippen LogP contribution >= 0.6 is 0 Å². The van der Waals surface area contributed by atoms with Gasteiger partial charge in [-0.1, -0.05) is 0 Å². The number of hydrogen-bond donors (Lipinski definition) is 1. The molecule has 2 aromatic heterocycles. The number of aryl methyl sites for hydroxylation is 2. The highest BCUT2D eigenvalue weighted by Crippen LogP contribution is 2.61. The minimum absolute atomic E-state index is 0.135. The maximum atomic E-state index is 12.9. The Balaban J connectivity index is 1.26. The van der Waals surface area contributed by atoms with Gasteiger partial charge in [0.25, 0.3) is 0 Å². The Hall–Kier alpha value is -2.42. The Labute approximate surface area is 178 Å². The van der Waals surface area contributed by atoms with Crippen molar-refractivity contribution in [1.82, 2.24) is 19.9 Å². The van der Waals surface area contributed by atoms with E-state index in [0.29, 0.717) is 29.5 Å². The molecule has 4 bridgehead atoms. The zero-order valence-electron chi connectivity index (χ0n) is 18.2. The molecule has 0 aromatic carbocycles. The molecule has 4 saturated carbocycles. The fourth-order valence-electron chi connectivity index (χ4n) is 7.16. The molecule has 0 spiro atoms. The second-order valence-electron chi connectivity index (χ2n) is 10.2. The van der Waals surface area contributed by atoms with Crippen molar-refractivity contribution in [2.24, 2.45) is 23.2 Å². The monoisotopic (exact) mass is 405 g/mol. The zero-order chi connectivity index (χ0) is 21.0. The molecule has 0 radical (unpaired) electrons. The molecule has 30 heavy (non-hydrogen) atoms. The van der Waals surface area contributed by atoms with Gasteiger partial charge in [0.1, 0.15) is 11.6 Å². The number of nitrogens with zero attached hydrogens (tertiary/aromatic N) is 4. The Kier molecular flexibility index (Phi) is 4.61. The van der Waals surface area contributed by atoms with Crippen molar-refractivity contribution in [3.8, 4) is 6.07 Å². The fourth-order valence-corrected chi connectivity index (χ4v) is 7.16. The average Bonchev–Trinajstić information content (AvgIpc) is 3.09. The highest BCUT2D eigenvalue weighted by atomic mass is 16.1. The van der Waals surface area contributed by atoms with Crippen molar-refractivity contribution < 1.29 is 4.79 Å². The molecule has 1 N–H and O–H groups in total. The first-order chi connectivity index (χ1) is 14.4. The summed E-state index contributed by atoms with van der Waals surface area (Å²) in [5, 5.41) is 16.9. The Bertz CT molecular complexity index is 1010. The molecule has 2 heterocycles. The number of rotatable bonds is 5. The quantitative estimate of drug-likeness (QED) is 0.818. The summed E-state index contributed by atoms with van der Waals surface area (Å²) in [4.78, 5) is 17.4. The summed E-state index contributed by atoms with van der Waals surface area (Å²) in [7, 11) is 0. The second-order valence-corrected chi connectivity index (χ2v) is 10.2. The standard InChI is InChI=1S/C24H31N5O/c1-14-21(15(2)29-23(27-14)20(12-25)13-26-29)4-5-22(30)28-16(3)24-9-17-6-18(10-24)8-19(7-17)11-24/h13,16-19H,4-11H2,1-3H3,(H,28,30). The molecule has 6 rings (SSSR count). The number of nitriles is 1. The number of carbonyl (C=O) groups excluding carboxylic acids is 1. The lowest BCUT2D eigenvalue weighted by atomic mass is 9.48. The van der Waals surface area contributed by atoms with Crippen LogP contribution in [0.1, 0.15) is 74.4 Å². The Morgan fingerprint density at radius 1 is 1.27 bits per heavy atom. The van der Waals surface area contributed by atoms with Gasteiger partial charge < -0.3 is 5.32 Å². The third kappa shape index (κ3) is 3.10. The number of nitrogens with one attached hydrogen (secondary N) is 1. The first-order valence-corrected chi connectivity index (χ1v) is 11.4. The number of amides is 1. The van der Waals surface area contributed by atoms with E-state index >= 15 is 0 Å². The molecule has 1 amide bonds. The lowest BCUT2D eigenvalue weighted by Gasteiger charge is -2.59. The normalized spacial score (nSPS) is 30.4. The molecule has 158 valence electrons. The van der Waals surface area contributed by atoms with Crippen LogP contribution in [0.2, 0.25) is 0 Å². The molecule has 4 fully saturated rings. The molecular formula is C24H31N5O. The van der Waals surface area contributed by atoms with E-state index in [0.717, 1.165) is 34.7 Å². The lowest BCUT2D eigenvalue weighted by molar-refractivity contribution is -0.125. The maximum absolute atomic E-state index is 12.9. The predicted octanol–water partition coefficient (Wildman–Crippen LogP) is 3.87. The van der Waals surface area contributed by atoms with Crippen LogP contribution in [-0.4, -0.2) is 26.5 Å². The lowest BCUT2D eigenvalue weighted by Crippen LogP contribution is -2.55. The van der Waals surface area contributed by atoms with Gasteiger partial charge in [-0.25, -0.2) is 9.50 Å². The van der Waals surface area contributed by atoms with Crippen LogP contribution < -0.4 is 5.32 Å². The Morgan fingerprint density at radius 3 is 2.50 bits per heavy atom. The van der Waals surface area contributed by atoms with Gasteiger partial charge in [-0.3, -0.25) is 4.79 Å². The molecule has 6 nitrogen and oxygen atoms in total. The van der Waals surface area contributed by atoms with Gasteiger partial charge in [0, 0.05) is 23.9 Å². The number of hydrogen-bond acceptors (Lipinski definition) is 4. The van der Waals surface area contributed by atoms with Gasteiger partial charge in [0.2, 0.25) is 5.91 Å². The highest BCUT2D eigenvalue weighted by molar-refractivity contribution is 5.76. The summed E-state index contributed by atoms with van der Waals surface area (Å²) >= 11 is 0. The van der Waals surface area contributed by atoms with Crippen molar-refractivity contribution in [2.45, 2.75) is 78.2 Å². The third-order valence-corrected chi connectivity index (χ3v) is 8.31. The molecule has 6 heteroatoms. The van der Waals surface area contributed by atoms with E-state index in [1.807, 2.05) is 13.8 Å². The minimum Gasteiger partial charge on any atom is -0.353 e. The molecule has 0 aliphatic heterocycles. The van der Waals surface area contributed by atoms with Crippen LogP contribution in [0.25, 0.3) is 5.65 Å². The van der Waals surface area contributed by atoms with Gasteiger partial charge >= 0.3 is 0 Å². The van der Waals surface area contributed by atoms with E-state index in [4.69, 9.17) is 0 Å². The first kappa shape index (κ1) is 19.5. The molecule has 4 aliphatic carbocycles. The highest BCUT2D eigenvalue weighted by Gasteiger charge is 2.53. The first-order valence-electron chi connectivity index (χ1n) is 11.4. The minimum atomic E-state index is 0.135. The van der Waals surface area contributed by atoms with Gasteiger partial charge in [0.15, 0.2) is 5.65 Å². The number of aromatic nitrogens is 3. The van der Waals surface area contributed by atoms with Crippen LogP contribution in [0.5, 0.6) is 0 Å². The van der Waals surface area contributed by atoms with E-state index in [-0.39, 0.29) is 11.9 Å². The largest absolute Gasteiger partial charge is 0.353 e. The van der Waals surface area contributed by atoms with Crippen LogP contribution in [0.15, 0.2) is 6.20 Å². The van der Waals surface area contributed by atoms with Crippen LogP contribution in [-0.2, 0) is 11.2 Å². The average molecular weight is 406 g/mol. The molecule has 2 aromatic rings. The van der Waals surface area contributed by atoms with Crippen LogP contribution in [0.4, 0.5) is 0 Å². The summed E-state index contributed by atoms with van der Waals surface area (Å²) in [6.45, 7) is 6.18. The van der Waals surface area contributed by atoms with Crippen molar-refractivity contribution >= 4 is 11.6 Å². The zero-order valence-corrected chi connectivity index (χ0v) is 18.2. The van der Waals surface area contributed by atoms with Crippen LogP contribution in [0, 0.1) is 48.3 Å². The summed E-state index contributed by atoms with van der Waals surface area (Å²) in [6.07, 6.45) is 10.8. The number of carbonyl (C=O) groups is 1. The molecule has 1 atom stereocenters. The molecule has 0 saturated heterocycles. The fraction of sp³-hybridized carbons (Fsp3) is 0.667. The summed E-state index contributed by atoms with van der Waals surface area (Å²) in [5.41, 5.74) is 4.29. The molecule has 4 aliphatic rings. The SMILES string of the molecule is Cc1nc2c(C#N)cnn2c(C)c1CCC(=O)NC(C)C12CC3CC(CC(C3)C1)C2. The topological polar surface area (TPSA) is 83.1 Å². The van der Waals surface area contributed by atoms with Gasteiger partial charge in [-0.2, -0.15) is 10.4 Å². The number of fused-ring (bicyclic) bond motifs is 1. The molecular weight excluding hydrogens is 374 g/mol. The summed E-state index contributed by atoms with van der Waals surface area (Å²) in [6, 6.07) is 2.39. The Morgan fingerprint density at radius 2 is 1.90 bits per heavy atom. The van der Waals surface area contributed by atoms with E-state index in [1.165, 1.54) is 38.5 Å². The van der Waals surface area contributed by atoms with E-state index < -0.39 is 0 Å². The summed E-state index contributed by atoms with van der Waals surface area (Å²) in [5.74, 6) is 2.82. The van der Waals surface area contributed by atoms with Gasteiger partial charge in [-0.15, -0.1) is 0 Å². The van der Waals surface area contributed by atoms with Gasteiger partial charge in [-0.05, 0) is 94.4 Å². The van der Waals surface area contributed by atoms with E-state index in [1.54, 1.807) is 10.7 Å². The third-order valence-electron chi connectivity index (χ3n) is 8.31. The molecule has 1 unspecified atom stereocenters. The predicted molar refractivity (Wildman–Crippen MR) is 114 cm³/mol.